The number of aromatic amines is 1. The van der Waals surface area contributed by atoms with Gasteiger partial charge in [-0.15, -0.1) is 0 Å². The summed E-state index contributed by atoms with van der Waals surface area (Å²) in [6.45, 7) is 4.55. The summed E-state index contributed by atoms with van der Waals surface area (Å²) in [7, 11) is 0. The van der Waals surface area contributed by atoms with Crippen LogP contribution in [0.15, 0.2) is 55.0 Å². The lowest BCUT2D eigenvalue weighted by molar-refractivity contribution is 0.395. The lowest BCUT2D eigenvalue weighted by atomic mass is 9.94. The number of anilines is 1. The summed E-state index contributed by atoms with van der Waals surface area (Å²) in [5.74, 6) is 6.68. The molecule has 2 aromatic rings. The molecule has 2 heterocycles. The first-order valence-corrected chi connectivity index (χ1v) is 9.14. The minimum atomic E-state index is -0.396. The van der Waals surface area contributed by atoms with Crippen molar-refractivity contribution >= 4 is 5.69 Å². The van der Waals surface area contributed by atoms with Crippen LogP contribution >= 0.6 is 0 Å². The van der Waals surface area contributed by atoms with Crippen molar-refractivity contribution in [1.82, 2.24) is 9.97 Å². The Morgan fingerprint density at radius 2 is 1.88 bits per heavy atom. The van der Waals surface area contributed by atoms with Crippen molar-refractivity contribution in [2.24, 2.45) is 5.92 Å². The summed E-state index contributed by atoms with van der Waals surface area (Å²) in [4.78, 5) is 9.22. The Bertz CT molecular complexity index is 820. The average Bonchev–Trinajstić information content (AvgIpc) is 2.79. The summed E-state index contributed by atoms with van der Waals surface area (Å²) < 4.78 is 13.2. The van der Waals surface area contributed by atoms with E-state index >= 15 is 0 Å². The lowest BCUT2D eigenvalue weighted by Crippen LogP contribution is -2.33. The Morgan fingerprint density at radius 3 is 2.62 bits per heavy atom. The maximum Gasteiger partial charge on any atom is 0.141 e. The van der Waals surface area contributed by atoms with Crippen LogP contribution in [0.4, 0.5) is 10.1 Å². The standard InChI is InChI=1S/C22H24FN3/c1-2-18-12-14-26(15-13-18)22-10-7-19(8-11-22)6-9-21-5-3-4-20(23)16-24-17-25-21/h3-5,7-8,10-11,16-18H,2,12-15H2,1H3,(H,24,25). The molecule has 134 valence electrons. The molecule has 1 aliphatic heterocycles. The summed E-state index contributed by atoms with van der Waals surface area (Å²) in [5.41, 5.74) is 2.88. The van der Waals surface area contributed by atoms with Gasteiger partial charge in [0, 0.05) is 24.3 Å². The third kappa shape index (κ3) is 5.10. The number of piperidine rings is 1. The summed E-state index contributed by atoms with van der Waals surface area (Å²) in [6.07, 6.45) is 6.42. The highest BCUT2D eigenvalue weighted by Gasteiger charge is 2.17. The number of benzene rings is 1. The molecule has 1 aromatic heterocycles. The first kappa shape index (κ1) is 18.0. The fraction of sp³-hybridized carbons (Fsp3) is 0.318. The Kier molecular flexibility index (Phi) is 6.27. The number of nitrogens with one attached hydrogen (secondary N) is 1. The van der Waals surface area contributed by atoms with Gasteiger partial charge in [0.25, 0.3) is 0 Å². The Balaban J connectivity index is 1.70. The van der Waals surface area contributed by atoms with Crippen LogP contribution in [-0.4, -0.2) is 23.1 Å². The first-order chi connectivity index (χ1) is 12.7. The number of hydrogen-bond acceptors (Lipinski definition) is 2. The Labute approximate surface area is 154 Å². The third-order valence-corrected chi connectivity index (χ3v) is 4.78. The molecule has 0 bridgehead atoms. The van der Waals surface area contributed by atoms with Gasteiger partial charge in [0.2, 0.25) is 0 Å². The van der Waals surface area contributed by atoms with Gasteiger partial charge in [-0.25, -0.2) is 9.37 Å². The zero-order valence-corrected chi connectivity index (χ0v) is 15.1. The maximum absolute atomic E-state index is 13.2. The van der Waals surface area contributed by atoms with Crippen molar-refractivity contribution in [1.29, 1.82) is 0 Å². The molecule has 4 heteroatoms. The average molecular weight is 349 g/mol. The van der Waals surface area contributed by atoms with Crippen molar-refractivity contribution in [3.05, 3.63) is 72.1 Å². The summed E-state index contributed by atoms with van der Waals surface area (Å²) in [6, 6.07) is 13.1. The van der Waals surface area contributed by atoms with Gasteiger partial charge in [-0.05, 0) is 61.1 Å². The largest absolute Gasteiger partial charge is 0.372 e. The minimum absolute atomic E-state index is 0.396. The molecule has 1 saturated heterocycles. The van der Waals surface area contributed by atoms with Gasteiger partial charge in [-0.1, -0.05) is 25.3 Å². The highest BCUT2D eigenvalue weighted by atomic mass is 19.1. The number of aromatic nitrogens is 2. The van der Waals surface area contributed by atoms with E-state index in [-0.39, 0.29) is 0 Å². The van der Waals surface area contributed by atoms with Gasteiger partial charge in [0.1, 0.15) is 5.82 Å². The van der Waals surface area contributed by atoms with Gasteiger partial charge in [0.15, 0.2) is 0 Å². The van der Waals surface area contributed by atoms with E-state index in [9.17, 15) is 4.39 Å². The molecule has 0 amide bonds. The van der Waals surface area contributed by atoms with E-state index in [0.717, 1.165) is 30.8 Å². The van der Waals surface area contributed by atoms with E-state index in [1.807, 2.05) is 0 Å². The van der Waals surface area contributed by atoms with E-state index in [4.69, 9.17) is 0 Å². The molecule has 1 aromatic carbocycles. The van der Waals surface area contributed by atoms with Crippen LogP contribution in [0.25, 0.3) is 0 Å². The smallest absolute Gasteiger partial charge is 0.141 e. The SMILES string of the molecule is CCC1CCN(c2ccc(C#Cc3cccc(F)cnc[nH]3)cc2)CC1. The second kappa shape index (κ2) is 9.05. The second-order valence-corrected chi connectivity index (χ2v) is 6.51. The monoisotopic (exact) mass is 349 g/mol. The zero-order chi connectivity index (χ0) is 18.2. The van der Waals surface area contributed by atoms with E-state index in [1.165, 1.54) is 37.3 Å². The van der Waals surface area contributed by atoms with E-state index in [1.54, 1.807) is 12.1 Å². The van der Waals surface area contributed by atoms with Crippen molar-refractivity contribution in [2.75, 3.05) is 18.0 Å². The van der Waals surface area contributed by atoms with Crippen LogP contribution in [-0.2, 0) is 0 Å². The van der Waals surface area contributed by atoms with Crippen LogP contribution in [0, 0.1) is 23.6 Å². The topological polar surface area (TPSA) is 31.9 Å². The molecular weight excluding hydrogens is 325 g/mol. The summed E-state index contributed by atoms with van der Waals surface area (Å²) in [5, 5.41) is 0. The molecule has 0 spiro atoms. The first-order valence-electron chi connectivity index (χ1n) is 9.14. The predicted octanol–water partition coefficient (Wildman–Crippen LogP) is 4.70. The van der Waals surface area contributed by atoms with E-state index in [2.05, 4.69) is 57.9 Å². The number of nitrogens with zero attached hydrogens (tertiary/aromatic N) is 2. The van der Waals surface area contributed by atoms with Gasteiger partial charge in [-0.3, -0.25) is 0 Å². The Hall–Kier alpha value is -2.80. The third-order valence-electron chi connectivity index (χ3n) is 4.78. The Morgan fingerprint density at radius 1 is 1.12 bits per heavy atom. The molecule has 0 saturated carbocycles. The molecule has 0 unspecified atom stereocenters. The van der Waals surface area contributed by atoms with Crippen LogP contribution in [0.1, 0.15) is 37.4 Å². The van der Waals surface area contributed by atoms with Crippen LogP contribution in [0.5, 0.6) is 0 Å². The molecule has 3 nitrogen and oxygen atoms in total. The molecule has 26 heavy (non-hydrogen) atoms. The number of hydrogen-bond donors (Lipinski definition) is 1. The highest BCUT2D eigenvalue weighted by Crippen LogP contribution is 2.25. The van der Waals surface area contributed by atoms with E-state index in [0.29, 0.717) is 5.69 Å². The normalized spacial score (nSPS) is 14.3. The maximum atomic E-state index is 13.2. The molecule has 0 aliphatic carbocycles. The van der Waals surface area contributed by atoms with Gasteiger partial charge < -0.3 is 9.88 Å². The van der Waals surface area contributed by atoms with E-state index < -0.39 is 5.82 Å². The van der Waals surface area contributed by atoms with Crippen LogP contribution in [0.3, 0.4) is 0 Å². The molecule has 3 rings (SSSR count). The van der Waals surface area contributed by atoms with Crippen LogP contribution < -0.4 is 4.90 Å². The highest BCUT2D eigenvalue weighted by molar-refractivity contribution is 5.51. The quantitative estimate of drug-likeness (QED) is 0.797. The van der Waals surface area contributed by atoms with Crippen LogP contribution in [0.2, 0.25) is 0 Å². The molecular formula is C22H24FN3. The van der Waals surface area contributed by atoms with Crippen molar-refractivity contribution in [2.45, 2.75) is 26.2 Å². The van der Waals surface area contributed by atoms with Crippen molar-refractivity contribution in [3.8, 4) is 11.8 Å². The fourth-order valence-corrected chi connectivity index (χ4v) is 3.11. The second-order valence-electron chi connectivity index (χ2n) is 6.51. The zero-order valence-electron chi connectivity index (χ0n) is 15.1. The lowest BCUT2D eigenvalue weighted by Gasteiger charge is -2.33. The molecule has 0 radical (unpaired) electrons. The molecule has 1 N–H and O–H groups in total. The molecule has 0 atom stereocenters. The van der Waals surface area contributed by atoms with Crippen molar-refractivity contribution < 1.29 is 4.39 Å². The van der Waals surface area contributed by atoms with Gasteiger partial charge in [-0.2, -0.15) is 0 Å². The molecule has 1 aliphatic rings. The van der Waals surface area contributed by atoms with Gasteiger partial charge in [0.05, 0.1) is 18.2 Å². The fourth-order valence-electron chi connectivity index (χ4n) is 3.11. The minimum Gasteiger partial charge on any atom is -0.372 e. The number of H-pyrrole nitrogens is 1. The number of rotatable bonds is 2. The summed E-state index contributed by atoms with van der Waals surface area (Å²) >= 11 is 0. The van der Waals surface area contributed by atoms with Crippen molar-refractivity contribution in [3.63, 3.8) is 0 Å². The number of halogens is 1. The molecule has 1 fully saturated rings. The van der Waals surface area contributed by atoms with Gasteiger partial charge >= 0.3 is 0 Å². The predicted molar refractivity (Wildman–Crippen MR) is 104 cm³/mol.